The van der Waals surface area contributed by atoms with Gasteiger partial charge in [-0.25, -0.2) is 0 Å². The van der Waals surface area contributed by atoms with Crippen molar-refractivity contribution in [1.29, 1.82) is 0 Å². The second kappa shape index (κ2) is 6.27. The number of carboxylic acid groups (broad SMARTS) is 1. The number of carbonyl (C=O) groups is 1. The molecule has 0 spiro atoms. The highest BCUT2D eigenvalue weighted by molar-refractivity contribution is 7.86. The Kier molecular flexibility index (Phi) is 4.54. The number of piperidine rings is 1. The normalized spacial score (nSPS) is 21.3. The summed E-state index contributed by atoms with van der Waals surface area (Å²) in [6, 6.07) is 3.98. The summed E-state index contributed by atoms with van der Waals surface area (Å²) in [4.78, 5) is 12.0. The monoisotopic (exact) mass is 344 g/mol. The minimum absolute atomic E-state index is 0.101. The summed E-state index contributed by atoms with van der Waals surface area (Å²) in [6.45, 7) is 1.02. The molecule has 1 saturated heterocycles. The lowest BCUT2D eigenvalue weighted by Gasteiger charge is -2.33. The second-order valence-corrected chi connectivity index (χ2v) is 8.79. The van der Waals surface area contributed by atoms with Gasteiger partial charge in [-0.15, -0.1) is 11.3 Å². The standard InChI is InChI=1S/C14H20N2O4S2/c17-14(18)11-5-7-15(8-6-11)22(19,20)16(12-3-4-12)10-13-2-1-9-21-13/h1-2,9,11-12H,3-8,10H2,(H,17,18). The quantitative estimate of drug-likeness (QED) is 0.853. The van der Waals surface area contributed by atoms with Crippen LogP contribution in [0.1, 0.15) is 30.6 Å². The van der Waals surface area contributed by atoms with Crippen molar-refractivity contribution >= 4 is 27.5 Å². The fourth-order valence-electron chi connectivity index (χ4n) is 2.80. The Labute approximate surface area is 134 Å². The number of hydrogen-bond acceptors (Lipinski definition) is 4. The number of thiophene rings is 1. The van der Waals surface area contributed by atoms with Crippen molar-refractivity contribution in [2.75, 3.05) is 13.1 Å². The van der Waals surface area contributed by atoms with Crippen LogP contribution in [-0.2, 0) is 21.5 Å². The lowest BCUT2D eigenvalue weighted by atomic mass is 9.99. The van der Waals surface area contributed by atoms with Crippen molar-refractivity contribution in [3.8, 4) is 0 Å². The van der Waals surface area contributed by atoms with E-state index in [2.05, 4.69) is 0 Å². The van der Waals surface area contributed by atoms with Gasteiger partial charge in [-0.05, 0) is 37.1 Å². The van der Waals surface area contributed by atoms with Gasteiger partial charge in [0, 0.05) is 30.6 Å². The van der Waals surface area contributed by atoms with Crippen LogP contribution in [0.2, 0.25) is 0 Å². The molecule has 0 atom stereocenters. The average Bonchev–Trinajstić information content (AvgIpc) is 3.20. The summed E-state index contributed by atoms with van der Waals surface area (Å²) in [5.74, 6) is -1.24. The smallest absolute Gasteiger partial charge is 0.306 e. The molecule has 0 amide bonds. The molecule has 0 aromatic carbocycles. The van der Waals surface area contributed by atoms with Gasteiger partial charge in [0.2, 0.25) is 0 Å². The Morgan fingerprint density at radius 3 is 2.50 bits per heavy atom. The summed E-state index contributed by atoms with van der Waals surface area (Å²) >= 11 is 1.56. The molecule has 22 heavy (non-hydrogen) atoms. The molecule has 6 nitrogen and oxygen atoms in total. The molecule has 3 rings (SSSR count). The molecule has 0 radical (unpaired) electrons. The van der Waals surface area contributed by atoms with Crippen LogP contribution in [0, 0.1) is 5.92 Å². The Morgan fingerprint density at radius 1 is 1.32 bits per heavy atom. The molecule has 1 aromatic heterocycles. The molecule has 1 aliphatic heterocycles. The predicted molar refractivity (Wildman–Crippen MR) is 83.7 cm³/mol. The minimum Gasteiger partial charge on any atom is -0.481 e. The number of hydrogen-bond donors (Lipinski definition) is 1. The van der Waals surface area contributed by atoms with Crippen LogP contribution in [0.4, 0.5) is 0 Å². The van der Waals surface area contributed by atoms with Crippen molar-refractivity contribution in [1.82, 2.24) is 8.61 Å². The Bertz CT molecular complexity index is 617. The lowest BCUT2D eigenvalue weighted by molar-refractivity contribution is -0.142. The Morgan fingerprint density at radius 2 is 2.00 bits per heavy atom. The lowest BCUT2D eigenvalue weighted by Crippen LogP contribution is -2.48. The molecular formula is C14H20N2O4S2. The first kappa shape index (κ1) is 15.9. The maximum absolute atomic E-state index is 12.9. The van der Waals surface area contributed by atoms with E-state index in [1.54, 1.807) is 15.6 Å². The van der Waals surface area contributed by atoms with E-state index >= 15 is 0 Å². The third-order valence-electron chi connectivity index (χ3n) is 4.27. The van der Waals surface area contributed by atoms with Gasteiger partial charge in [0.1, 0.15) is 0 Å². The molecular weight excluding hydrogens is 324 g/mol. The van der Waals surface area contributed by atoms with E-state index in [1.807, 2.05) is 17.5 Å². The van der Waals surface area contributed by atoms with Crippen LogP contribution < -0.4 is 0 Å². The van der Waals surface area contributed by atoms with Crippen LogP contribution in [0.5, 0.6) is 0 Å². The van der Waals surface area contributed by atoms with Crippen LogP contribution >= 0.6 is 11.3 Å². The largest absolute Gasteiger partial charge is 0.481 e. The third kappa shape index (κ3) is 3.34. The number of aliphatic carboxylic acids is 1. The van der Waals surface area contributed by atoms with Crippen LogP contribution in [-0.4, -0.2) is 47.2 Å². The SMILES string of the molecule is O=C(O)C1CCN(S(=O)(=O)N(Cc2cccs2)C2CC2)CC1. The van der Waals surface area contributed by atoms with Crippen LogP contribution in [0.25, 0.3) is 0 Å². The van der Waals surface area contributed by atoms with Crippen molar-refractivity contribution < 1.29 is 18.3 Å². The van der Waals surface area contributed by atoms with Gasteiger partial charge in [-0.2, -0.15) is 17.0 Å². The Hall–Kier alpha value is -0.960. The average molecular weight is 344 g/mol. The van der Waals surface area contributed by atoms with Crippen molar-refractivity contribution in [3.05, 3.63) is 22.4 Å². The first-order valence-corrected chi connectivity index (χ1v) is 9.78. The second-order valence-electron chi connectivity index (χ2n) is 5.88. The van der Waals surface area contributed by atoms with E-state index in [4.69, 9.17) is 5.11 Å². The fraction of sp³-hybridized carbons (Fsp3) is 0.643. The molecule has 1 N–H and O–H groups in total. The van der Waals surface area contributed by atoms with Gasteiger partial charge in [0.05, 0.1) is 5.92 Å². The maximum Gasteiger partial charge on any atom is 0.306 e. The number of carboxylic acids is 1. The van der Waals surface area contributed by atoms with Gasteiger partial charge in [-0.3, -0.25) is 4.79 Å². The molecule has 2 fully saturated rings. The third-order valence-corrected chi connectivity index (χ3v) is 7.17. The summed E-state index contributed by atoms with van der Waals surface area (Å²) in [5.41, 5.74) is 0. The molecule has 1 aliphatic carbocycles. The highest BCUT2D eigenvalue weighted by Crippen LogP contribution is 2.34. The number of rotatable bonds is 6. The molecule has 2 aliphatic rings. The molecule has 0 bridgehead atoms. The topological polar surface area (TPSA) is 77.9 Å². The maximum atomic E-state index is 12.9. The zero-order valence-electron chi connectivity index (χ0n) is 12.2. The molecule has 8 heteroatoms. The molecule has 0 unspecified atom stereocenters. The van der Waals surface area contributed by atoms with Crippen molar-refractivity contribution in [3.63, 3.8) is 0 Å². The van der Waals surface area contributed by atoms with Crippen molar-refractivity contribution in [2.24, 2.45) is 5.92 Å². The van der Waals surface area contributed by atoms with Gasteiger partial charge in [0.25, 0.3) is 10.2 Å². The summed E-state index contributed by atoms with van der Waals surface area (Å²) in [6.07, 6.45) is 2.62. The zero-order chi connectivity index (χ0) is 15.7. The molecule has 1 saturated carbocycles. The first-order valence-electron chi connectivity index (χ1n) is 7.50. The van der Waals surface area contributed by atoms with E-state index in [0.717, 1.165) is 17.7 Å². The van der Waals surface area contributed by atoms with E-state index in [-0.39, 0.29) is 6.04 Å². The van der Waals surface area contributed by atoms with Crippen LogP contribution in [0.15, 0.2) is 17.5 Å². The predicted octanol–water partition coefficient (Wildman–Crippen LogP) is 1.75. The first-order chi connectivity index (χ1) is 10.5. The molecule has 122 valence electrons. The van der Waals surface area contributed by atoms with Gasteiger partial charge >= 0.3 is 5.97 Å². The zero-order valence-corrected chi connectivity index (χ0v) is 13.9. The molecule has 1 aromatic rings. The highest BCUT2D eigenvalue weighted by Gasteiger charge is 2.42. The van der Waals surface area contributed by atoms with Gasteiger partial charge in [0.15, 0.2) is 0 Å². The van der Waals surface area contributed by atoms with Crippen molar-refractivity contribution in [2.45, 2.75) is 38.3 Å². The minimum atomic E-state index is -3.51. The Balaban J connectivity index is 1.71. The highest BCUT2D eigenvalue weighted by atomic mass is 32.2. The van der Waals surface area contributed by atoms with Crippen LogP contribution in [0.3, 0.4) is 0 Å². The summed E-state index contributed by atoms with van der Waals surface area (Å²) in [7, 11) is -3.51. The number of nitrogens with zero attached hydrogens (tertiary/aromatic N) is 2. The summed E-state index contributed by atoms with van der Waals surface area (Å²) in [5, 5.41) is 11.0. The van der Waals surface area contributed by atoms with Gasteiger partial charge < -0.3 is 5.11 Å². The summed E-state index contributed by atoms with van der Waals surface area (Å²) < 4.78 is 28.8. The fourth-order valence-corrected chi connectivity index (χ4v) is 5.44. The van der Waals surface area contributed by atoms with Gasteiger partial charge in [-0.1, -0.05) is 6.07 Å². The van der Waals surface area contributed by atoms with E-state index in [0.29, 0.717) is 32.5 Å². The van der Waals surface area contributed by atoms with E-state index < -0.39 is 22.1 Å². The van der Waals surface area contributed by atoms with E-state index in [1.165, 1.54) is 4.31 Å². The molecule has 2 heterocycles. The van der Waals surface area contributed by atoms with E-state index in [9.17, 15) is 13.2 Å².